The first-order chi connectivity index (χ1) is 11.6. The minimum absolute atomic E-state index is 0.288. The number of hydrogen-bond acceptors (Lipinski definition) is 3. The summed E-state index contributed by atoms with van der Waals surface area (Å²) in [7, 11) is 1.65. The molecule has 0 saturated heterocycles. The van der Waals surface area contributed by atoms with E-state index in [0.717, 1.165) is 23.3 Å². The number of carbonyl (C=O) groups is 1. The molecule has 24 heavy (non-hydrogen) atoms. The molecule has 1 fully saturated rings. The third-order valence-electron chi connectivity index (χ3n) is 4.01. The molecular formula is C20H25NO3. The molecule has 1 aromatic rings. The zero-order chi connectivity index (χ0) is 17.4. The van der Waals surface area contributed by atoms with Crippen molar-refractivity contribution in [3.05, 3.63) is 72.0 Å². The molecule has 1 saturated carbocycles. The van der Waals surface area contributed by atoms with Crippen molar-refractivity contribution in [1.82, 2.24) is 5.32 Å². The molecule has 1 N–H and O–H groups in total. The second kappa shape index (κ2) is 8.96. The van der Waals surface area contributed by atoms with E-state index in [1.165, 1.54) is 0 Å². The smallest absolute Gasteiger partial charge is 0.407 e. The number of carbonyl (C=O) groups excluding carboxylic acids is 1. The molecule has 4 nitrogen and oxygen atoms in total. The Morgan fingerprint density at radius 2 is 2.12 bits per heavy atom. The monoisotopic (exact) mass is 327 g/mol. The van der Waals surface area contributed by atoms with Crippen molar-refractivity contribution in [2.45, 2.75) is 20.0 Å². The van der Waals surface area contributed by atoms with Gasteiger partial charge in [0.25, 0.3) is 0 Å². The van der Waals surface area contributed by atoms with Gasteiger partial charge in [0, 0.05) is 6.54 Å². The van der Waals surface area contributed by atoms with Gasteiger partial charge in [0.2, 0.25) is 0 Å². The van der Waals surface area contributed by atoms with Crippen molar-refractivity contribution in [2.75, 3.05) is 13.7 Å². The molecule has 0 aliphatic heterocycles. The van der Waals surface area contributed by atoms with E-state index in [1.807, 2.05) is 55.5 Å². The molecule has 0 heterocycles. The molecule has 0 aromatic heterocycles. The number of hydrogen-bond donors (Lipinski definition) is 1. The lowest BCUT2D eigenvalue weighted by atomic mass is 10.1. The van der Waals surface area contributed by atoms with Crippen LogP contribution in [0.2, 0.25) is 0 Å². The van der Waals surface area contributed by atoms with Crippen molar-refractivity contribution in [1.29, 1.82) is 0 Å². The van der Waals surface area contributed by atoms with Crippen LogP contribution >= 0.6 is 0 Å². The summed E-state index contributed by atoms with van der Waals surface area (Å²) in [5.74, 6) is 1.61. The lowest BCUT2D eigenvalue weighted by Crippen LogP contribution is -2.26. The predicted molar refractivity (Wildman–Crippen MR) is 95.3 cm³/mol. The van der Waals surface area contributed by atoms with Gasteiger partial charge in [-0.05, 0) is 48.5 Å². The second-order valence-electron chi connectivity index (χ2n) is 5.87. The molecule has 0 unspecified atom stereocenters. The van der Waals surface area contributed by atoms with Crippen molar-refractivity contribution in [3.8, 4) is 0 Å². The number of allylic oxidation sites excluding steroid dienone is 4. The highest BCUT2D eigenvalue weighted by atomic mass is 16.5. The number of nitrogens with one attached hydrogen (secondary N) is 1. The fourth-order valence-electron chi connectivity index (χ4n) is 2.55. The minimum atomic E-state index is -0.378. The molecule has 2 atom stereocenters. The standard InChI is InChI=1S/C20H25NO3/c1-4-8-18(23-3)11-15(2)19-12-17(19)13-21-20(22)24-14-16-9-6-5-7-10-16/h4-11,17,19H,2,12-14H2,1,3H3,(H,21,22)/b8-4-,18-11+/t17-,19-/m1/s1. The van der Waals surface area contributed by atoms with Crippen LogP contribution in [0.4, 0.5) is 4.79 Å². The molecule has 128 valence electrons. The maximum Gasteiger partial charge on any atom is 0.407 e. The second-order valence-corrected chi connectivity index (χ2v) is 5.87. The van der Waals surface area contributed by atoms with Crippen LogP contribution in [0.25, 0.3) is 0 Å². The van der Waals surface area contributed by atoms with Crippen molar-refractivity contribution >= 4 is 6.09 Å². The van der Waals surface area contributed by atoms with Crippen LogP contribution in [0, 0.1) is 11.8 Å². The number of rotatable bonds is 8. The highest BCUT2D eigenvalue weighted by Gasteiger charge is 2.38. The van der Waals surface area contributed by atoms with E-state index in [1.54, 1.807) is 7.11 Å². The van der Waals surface area contributed by atoms with Gasteiger partial charge in [-0.2, -0.15) is 0 Å². The largest absolute Gasteiger partial charge is 0.497 e. The Morgan fingerprint density at radius 1 is 1.38 bits per heavy atom. The van der Waals surface area contributed by atoms with E-state index < -0.39 is 0 Å². The molecule has 1 aliphatic rings. The van der Waals surface area contributed by atoms with Gasteiger partial charge < -0.3 is 14.8 Å². The maximum atomic E-state index is 11.7. The number of benzene rings is 1. The van der Waals surface area contributed by atoms with Gasteiger partial charge in [-0.25, -0.2) is 4.79 Å². The maximum absolute atomic E-state index is 11.7. The average Bonchev–Trinajstić information content (AvgIpc) is 3.38. The molecule has 4 heteroatoms. The zero-order valence-electron chi connectivity index (χ0n) is 14.3. The summed E-state index contributed by atoms with van der Waals surface area (Å²) in [6, 6.07) is 9.64. The molecular weight excluding hydrogens is 302 g/mol. The van der Waals surface area contributed by atoms with Gasteiger partial charge in [0.05, 0.1) is 7.11 Å². The lowest BCUT2D eigenvalue weighted by Gasteiger charge is -2.07. The van der Waals surface area contributed by atoms with Crippen LogP contribution in [0.15, 0.2) is 66.5 Å². The summed E-state index contributed by atoms with van der Waals surface area (Å²) in [6.45, 7) is 6.95. The highest BCUT2D eigenvalue weighted by molar-refractivity contribution is 5.67. The van der Waals surface area contributed by atoms with E-state index >= 15 is 0 Å². The van der Waals surface area contributed by atoms with Crippen molar-refractivity contribution in [2.24, 2.45) is 11.8 Å². The normalized spacial score (nSPS) is 19.8. The summed E-state index contributed by atoms with van der Waals surface area (Å²) in [5, 5.41) is 2.82. The highest BCUT2D eigenvalue weighted by Crippen LogP contribution is 2.43. The lowest BCUT2D eigenvalue weighted by molar-refractivity contribution is 0.139. The summed E-state index contributed by atoms with van der Waals surface area (Å²) < 4.78 is 10.5. The first-order valence-electron chi connectivity index (χ1n) is 8.15. The minimum Gasteiger partial charge on any atom is -0.497 e. The van der Waals surface area contributed by atoms with E-state index in [0.29, 0.717) is 18.4 Å². The van der Waals surface area contributed by atoms with Gasteiger partial charge in [-0.1, -0.05) is 43.0 Å². The Hall–Kier alpha value is -2.49. The van der Waals surface area contributed by atoms with Crippen LogP contribution in [-0.4, -0.2) is 19.7 Å². The number of alkyl carbamates (subject to hydrolysis) is 1. The van der Waals surface area contributed by atoms with Gasteiger partial charge in [-0.3, -0.25) is 0 Å². The third kappa shape index (κ3) is 5.61. The Bertz CT molecular complexity index is 619. The van der Waals surface area contributed by atoms with Gasteiger partial charge in [0.1, 0.15) is 12.4 Å². The molecule has 0 bridgehead atoms. The molecule has 1 amide bonds. The van der Waals surface area contributed by atoms with E-state index in [9.17, 15) is 4.79 Å². The van der Waals surface area contributed by atoms with Crippen molar-refractivity contribution in [3.63, 3.8) is 0 Å². The zero-order valence-corrected chi connectivity index (χ0v) is 14.3. The number of ether oxygens (including phenoxy) is 2. The quantitative estimate of drug-likeness (QED) is 0.575. The first kappa shape index (κ1) is 17.9. The molecule has 1 aromatic carbocycles. The molecule has 2 rings (SSSR count). The Labute approximate surface area is 143 Å². The number of amides is 1. The first-order valence-corrected chi connectivity index (χ1v) is 8.15. The van der Waals surface area contributed by atoms with Gasteiger partial charge in [0.15, 0.2) is 0 Å². The average molecular weight is 327 g/mol. The summed E-state index contributed by atoms with van der Waals surface area (Å²) in [4.78, 5) is 11.7. The molecule has 1 aliphatic carbocycles. The van der Waals surface area contributed by atoms with Gasteiger partial charge in [-0.15, -0.1) is 0 Å². The van der Waals surface area contributed by atoms with Crippen LogP contribution in [-0.2, 0) is 16.1 Å². The Morgan fingerprint density at radius 3 is 2.79 bits per heavy atom. The van der Waals surface area contributed by atoms with Gasteiger partial charge >= 0.3 is 6.09 Å². The van der Waals surface area contributed by atoms with E-state index in [-0.39, 0.29) is 12.7 Å². The predicted octanol–water partition coefficient (Wildman–Crippen LogP) is 4.21. The third-order valence-corrected chi connectivity index (χ3v) is 4.01. The van der Waals surface area contributed by atoms with E-state index in [4.69, 9.17) is 9.47 Å². The summed E-state index contributed by atoms with van der Waals surface area (Å²) in [6.07, 6.45) is 6.44. The fourth-order valence-corrected chi connectivity index (χ4v) is 2.55. The Kier molecular flexibility index (Phi) is 6.67. The molecule has 0 radical (unpaired) electrons. The van der Waals surface area contributed by atoms with Crippen LogP contribution < -0.4 is 5.32 Å². The van der Waals surface area contributed by atoms with Crippen molar-refractivity contribution < 1.29 is 14.3 Å². The fraction of sp³-hybridized carbons (Fsp3) is 0.350. The van der Waals surface area contributed by atoms with Crippen LogP contribution in [0.1, 0.15) is 18.9 Å². The van der Waals surface area contributed by atoms with E-state index in [2.05, 4.69) is 11.9 Å². The van der Waals surface area contributed by atoms with Crippen LogP contribution in [0.3, 0.4) is 0 Å². The SMILES string of the molecule is C=C(/C=C(\C=C/C)OC)[C@H]1C[C@@H]1CNC(=O)OCc1ccccc1. The summed E-state index contributed by atoms with van der Waals surface area (Å²) >= 11 is 0. The Balaban J connectivity index is 1.69. The summed E-state index contributed by atoms with van der Waals surface area (Å²) in [5.41, 5.74) is 2.01. The van der Waals surface area contributed by atoms with Crippen LogP contribution in [0.5, 0.6) is 0 Å². The molecule has 0 spiro atoms. The topological polar surface area (TPSA) is 47.6 Å². The number of methoxy groups -OCH3 is 1.